The smallest absolute Gasteiger partial charge is 0.337 e. The van der Waals surface area contributed by atoms with Crippen LogP contribution in [-0.2, 0) is 25.4 Å². The van der Waals surface area contributed by atoms with Crippen LogP contribution in [0.2, 0.25) is 0 Å². The fourth-order valence-electron chi connectivity index (χ4n) is 3.11. The molecule has 2 aromatic carbocycles. The number of imidazole rings is 1. The van der Waals surface area contributed by atoms with Gasteiger partial charge in [-0.25, -0.2) is 9.78 Å². The van der Waals surface area contributed by atoms with Gasteiger partial charge in [0.05, 0.1) is 17.5 Å². The summed E-state index contributed by atoms with van der Waals surface area (Å²) in [6.45, 7) is 0.719. The van der Waals surface area contributed by atoms with Gasteiger partial charge in [0.15, 0.2) is 0 Å². The van der Waals surface area contributed by atoms with Crippen LogP contribution in [0.3, 0.4) is 0 Å². The molecule has 0 bridgehead atoms. The number of alkyl halides is 6. The summed E-state index contributed by atoms with van der Waals surface area (Å²) < 4.78 is 79.1. The first-order valence-corrected chi connectivity index (χ1v) is 9.87. The van der Waals surface area contributed by atoms with E-state index < -0.39 is 29.5 Å². The standard InChI is InChI=1S/C22H20F6N4O/c23-21(24,25)17-7-5-16(6-8-17)14-32(11-2-10-31-12-9-29-15-31)20(33)30-19-4-1-3-18(13-19)22(26,27)28/h1,3-9,12-13,15H,2,10-11,14H2,(H,30,33). The Kier molecular flexibility index (Phi) is 7.29. The maximum absolute atomic E-state index is 13.0. The molecular formula is C22H20F6N4O. The van der Waals surface area contributed by atoms with Gasteiger partial charge in [0.1, 0.15) is 0 Å². The van der Waals surface area contributed by atoms with Crippen LogP contribution in [0.4, 0.5) is 36.8 Å². The minimum atomic E-state index is -4.56. The number of carbonyl (C=O) groups excluding carboxylic acids is 1. The van der Waals surface area contributed by atoms with Gasteiger partial charge in [0, 0.05) is 37.7 Å². The quantitative estimate of drug-likeness (QED) is 0.428. The minimum absolute atomic E-state index is 0.0210. The molecule has 0 saturated carbocycles. The van der Waals surface area contributed by atoms with E-state index in [1.165, 1.54) is 29.2 Å². The number of hydrogen-bond donors (Lipinski definition) is 1. The minimum Gasteiger partial charge on any atom is -0.337 e. The molecule has 0 fully saturated rings. The maximum Gasteiger partial charge on any atom is 0.416 e. The molecule has 1 aromatic heterocycles. The fourth-order valence-corrected chi connectivity index (χ4v) is 3.11. The number of nitrogens with zero attached hydrogens (tertiary/aromatic N) is 3. The van der Waals surface area contributed by atoms with Crippen molar-refractivity contribution in [2.45, 2.75) is 31.9 Å². The van der Waals surface area contributed by atoms with Gasteiger partial charge >= 0.3 is 18.4 Å². The van der Waals surface area contributed by atoms with E-state index in [1.54, 1.807) is 23.3 Å². The molecule has 176 valence electrons. The Morgan fingerprint density at radius 3 is 2.27 bits per heavy atom. The van der Waals surface area contributed by atoms with Crippen molar-refractivity contribution < 1.29 is 31.1 Å². The number of rotatable bonds is 7. The van der Waals surface area contributed by atoms with Gasteiger partial charge in [-0.05, 0) is 42.3 Å². The average molecular weight is 470 g/mol. The van der Waals surface area contributed by atoms with E-state index in [9.17, 15) is 31.1 Å². The summed E-state index contributed by atoms with van der Waals surface area (Å²) in [7, 11) is 0. The highest BCUT2D eigenvalue weighted by molar-refractivity contribution is 5.89. The molecule has 2 amide bonds. The Bertz CT molecular complexity index is 1050. The zero-order valence-electron chi connectivity index (χ0n) is 17.2. The number of anilines is 1. The summed E-state index contributed by atoms with van der Waals surface area (Å²) in [4.78, 5) is 18.1. The largest absolute Gasteiger partial charge is 0.416 e. The molecule has 5 nitrogen and oxygen atoms in total. The molecule has 0 atom stereocenters. The normalized spacial score (nSPS) is 11.9. The zero-order valence-corrected chi connectivity index (χ0v) is 17.2. The Hall–Kier alpha value is -3.50. The molecule has 1 heterocycles. The van der Waals surface area contributed by atoms with Crippen molar-refractivity contribution in [3.8, 4) is 0 Å². The number of aromatic nitrogens is 2. The highest BCUT2D eigenvalue weighted by Gasteiger charge is 2.31. The fraction of sp³-hybridized carbons (Fsp3) is 0.273. The molecule has 0 aliphatic rings. The van der Waals surface area contributed by atoms with Gasteiger partial charge in [-0.15, -0.1) is 0 Å². The Morgan fingerprint density at radius 1 is 0.970 bits per heavy atom. The van der Waals surface area contributed by atoms with E-state index in [4.69, 9.17) is 0 Å². The molecule has 3 rings (SSSR count). The van der Waals surface area contributed by atoms with Crippen molar-refractivity contribution in [3.05, 3.63) is 83.9 Å². The van der Waals surface area contributed by atoms with Crippen LogP contribution < -0.4 is 5.32 Å². The van der Waals surface area contributed by atoms with Gasteiger partial charge in [-0.3, -0.25) is 0 Å². The number of urea groups is 1. The van der Waals surface area contributed by atoms with Crippen molar-refractivity contribution in [2.24, 2.45) is 0 Å². The third-order valence-corrected chi connectivity index (χ3v) is 4.79. The number of aryl methyl sites for hydroxylation is 1. The van der Waals surface area contributed by atoms with Crippen LogP contribution >= 0.6 is 0 Å². The molecule has 0 unspecified atom stereocenters. The maximum atomic E-state index is 13.0. The second-order valence-corrected chi connectivity index (χ2v) is 7.28. The first-order chi connectivity index (χ1) is 15.5. The van der Waals surface area contributed by atoms with E-state index in [-0.39, 0.29) is 18.8 Å². The number of halogens is 6. The predicted molar refractivity (Wildman–Crippen MR) is 109 cm³/mol. The summed E-state index contributed by atoms with van der Waals surface area (Å²) in [5.41, 5.74) is -1.31. The summed E-state index contributed by atoms with van der Waals surface area (Å²) in [6, 6.07) is 7.92. The molecule has 0 spiro atoms. The van der Waals surface area contributed by atoms with Gasteiger partial charge < -0.3 is 14.8 Å². The van der Waals surface area contributed by atoms with Crippen molar-refractivity contribution in [2.75, 3.05) is 11.9 Å². The molecule has 0 aliphatic heterocycles. The number of carbonyl (C=O) groups is 1. The van der Waals surface area contributed by atoms with E-state index >= 15 is 0 Å². The van der Waals surface area contributed by atoms with Crippen molar-refractivity contribution in [1.29, 1.82) is 0 Å². The second kappa shape index (κ2) is 9.97. The molecule has 33 heavy (non-hydrogen) atoms. The molecule has 1 N–H and O–H groups in total. The van der Waals surface area contributed by atoms with Crippen LogP contribution in [0.1, 0.15) is 23.1 Å². The lowest BCUT2D eigenvalue weighted by molar-refractivity contribution is -0.138. The SMILES string of the molecule is O=C(Nc1cccc(C(F)(F)F)c1)N(CCCn1ccnc1)Cc1ccc(C(F)(F)F)cc1. The molecule has 0 saturated heterocycles. The van der Waals surface area contributed by atoms with Gasteiger partial charge in [-0.2, -0.15) is 26.3 Å². The molecular weight excluding hydrogens is 450 g/mol. The predicted octanol–water partition coefficient (Wildman–Crippen LogP) is 6.05. The zero-order chi connectivity index (χ0) is 24.1. The number of nitrogens with one attached hydrogen (secondary N) is 1. The van der Waals surface area contributed by atoms with Gasteiger partial charge in [0.2, 0.25) is 0 Å². The monoisotopic (exact) mass is 470 g/mol. The highest BCUT2D eigenvalue weighted by Crippen LogP contribution is 2.31. The van der Waals surface area contributed by atoms with Crippen molar-refractivity contribution >= 4 is 11.7 Å². The van der Waals surface area contributed by atoms with Crippen molar-refractivity contribution in [1.82, 2.24) is 14.5 Å². The summed E-state index contributed by atoms with van der Waals surface area (Å²) in [5.74, 6) is 0. The van der Waals surface area contributed by atoms with Crippen LogP contribution in [0.5, 0.6) is 0 Å². The summed E-state index contributed by atoms with van der Waals surface area (Å²) >= 11 is 0. The first-order valence-electron chi connectivity index (χ1n) is 9.87. The summed E-state index contributed by atoms with van der Waals surface area (Å²) in [5, 5.41) is 2.44. The Morgan fingerprint density at radius 2 is 1.67 bits per heavy atom. The third-order valence-electron chi connectivity index (χ3n) is 4.79. The van der Waals surface area contributed by atoms with E-state index in [0.717, 1.165) is 24.3 Å². The number of hydrogen-bond acceptors (Lipinski definition) is 2. The number of amides is 2. The average Bonchev–Trinajstić information content (AvgIpc) is 3.26. The lowest BCUT2D eigenvalue weighted by Gasteiger charge is -2.24. The van der Waals surface area contributed by atoms with Crippen LogP contribution in [0, 0.1) is 0 Å². The molecule has 11 heteroatoms. The van der Waals surface area contributed by atoms with E-state index in [0.29, 0.717) is 18.5 Å². The topological polar surface area (TPSA) is 50.2 Å². The Balaban J connectivity index is 1.73. The van der Waals surface area contributed by atoms with Gasteiger partial charge in [0.25, 0.3) is 0 Å². The number of benzene rings is 2. The lowest BCUT2D eigenvalue weighted by atomic mass is 10.1. The van der Waals surface area contributed by atoms with Crippen LogP contribution in [-0.4, -0.2) is 27.0 Å². The second-order valence-electron chi connectivity index (χ2n) is 7.28. The highest BCUT2D eigenvalue weighted by atomic mass is 19.4. The molecule has 3 aromatic rings. The van der Waals surface area contributed by atoms with E-state index in [1.807, 2.05) is 0 Å². The van der Waals surface area contributed by atoms with Crippen LogP contribution in [0.15, 0.2) is 67.3 Å². The molecule has 0 aliphatic carbocycles. The third kappa shape index (κ3) is 6.99. The van der Waals surface area contributed by atoms with Crippen LogP contribution in [0.25, 0.3) is 0 Å². The lowest BCUT2D eigenvalue weighted by Crippen LogP contribution is -2.35. The Labute approximate surface area is 185 Å². The first kappa shape index (κ1) is 24.1. The molecule has 0 radical (unpaired) electrons. The van der Waals surface area contributed by atoms with Gasteiger partial charge in [-0.1, -0.05) is 18.2 Å². The van der Waals surface area contributed by atoms with E-state index in [2.05, 4.69) is 10.3 Å². The summed E-state index contributed by atoms with van der Waals surface area (Å²) in [6.07, 6.45) is -3.62. The van der Waals surface area contributed by atoms with Crippen molar-refractivity contribution in [3.63, 3.8) is 0 Å².